The summed E-state index contributed by atoms with van der Waals surface area (Å²) in [5.41, 5.74) is 2.60. The van der Waals surface area contributed by atoms with Crippen molar-refractivity contribution < 1.29 is 33.8 Å². The zero-order chi connectivity index (χ0) is 34.6. The van der Waals surface area contributed by atoms with Gasteiger partial charge in [0.15, 0.2) is 0 Å². The number of allylic oxidation sites excluding steroid dienone is 1. The maximum Gasteiger partial charge on any atom is 0.408 e. The lowest BCUT2D eigenvalue weighted by atomic mass is 9.98. The van der Waals surface area contributed by atoms with Crippen LogP contribution in [0.5, 0.6) is 0 Å². The van der Waals surface area contributed by atoms with Crippen LogP contribution in [0.2, 0.25) is 0 Å². The van der Waals surface area contributed by atoms with Gasteiger partial charge in [-0.05, 0) is 36.0 Å². The minimum absolute atomic E-state index is 0.0338. The maximum absolute atomic E-state index is 13.6. The van der Waals surface area contributed by atoms with Crippen LogP contribution in [0.4, 0.5) is 4.79 Å². The summed E-state index contributed by atoms with van der Waals surface area (Å²) in [5.74, 6) is -2.12. The van der Waals surface area contributed by atoms with E-state index >= 15 is 0 Å². The number of hydrogen-bond acceptors (Lipinski definition) is 7. The first-order valence-electron chi connectivity index (χ1n) is 15.9. The zero-order valence-electron chi connectivity index (χ0n) is 27.2. The second-order valence-corrected chi connectivity index (χ2v) is 11.3. The van der Waals surface area contributed by atoms with Crippen molar-refractivity contribution in [3.05, 3.63) is 133 Å². The maximum atomic E-state index is 13.6. The normalized spacial score (nSPS) is 12.4. The number of carbonyl (C=O) groups excluding carboxylic acids is 4. The van der Waals surface area contributed by atoms with E-state index in [9.17, 15) is 24.3 Å². The molecular weight excluding hydrogens is 610 g/mol. The van der Waals surface area contributed by atoms with E-state index in [4.69, 9.17) is 9.47 Å². The summed E-state index contributed by atoms with van der Waals surface area (Å²) in [7, 11) is 0. The van der Waals surface area contributed by atoms with Gasteiger partial charge in [0.1, 0.15) is 19.3 Å². The molecule has 0 saturated heterocycles. The monoisotopic (exact) mass is 655 g/mol. The highest BCUT2D eigenvalue weighted by Gasteiger charge is 2.28. The molecule has 3 rings (SSSR count). The summed E-state index contributed by atoms with van der Waals surface area (Å²) in [6.45, 7) is 7.50. The molecule has 0 spiro atoms. The number of ether oxygens (including phenoxy) is 2. The van der Waals surface area contributed by atoms with Crippen LogP contribution in [0.1, 0.15) is 36.0 Å². The zero-order valence-corrected chi connectivity index (χ0v) is 27.2. The van der Waals surface area contributed by atoms with Crippen molar-refractivity contribution in [2.75, 3.05) is 19.8 Å². The molecule has 3 amide bonds. The first-order chi connectivity index (χ1) is 23.3. The molecule has 0 radical (unpaired) electrons. The van der Waals surface area contributed by atoms with Gasteiger partial charge in [0.25, 0.3) is 0 Å². The molecule has 10 heteroatoms. The van der Waals surface area contributed by atoms with Crippen molar-refractivity contribution in [3.63, 3.8) is 0 Å². The number of aliphatic hydroxyl groups excluding tert-OH is 1. The summed E-state index contributed by atoms with van der Waals surface area (Å²) < 4.78 is 10.9. The fourth-order valence-corrected chi connectivity index (χ4v) is 4.98. The van der Waals surface area contributed by atoms with Crippen LogP contribution >= 0.6 is 0 Å². The van der Waals surface area contributed by atoms with E-state index in [1.807, 2.05) is 91.0 Å². The molecule has 254 valence electrons. The van der Waals surface area contributed by atoms with Crippen molar-refractivity contribution in [2.45, 2.75) is 50.9 Å². The van der Waals surface area contributed by atoms with Crippen molar-refractivity contribution in [1.29, 1.82) is 0 Å². The molecule has 0 bridgehead atoms. The number of hydrogen-bond donors (Lipinski definition) is 3. The topological polar surface area (TPSA) is 134 Å². The van der Waals surface area contributed by atoms with Crippen LogP contribution in [0, 0.1) is 5.92 Å². The molecule has 0 saturated carbocycles. The van der Waals surface area contributed by atoms with Gasteiger partial charge < -0.3 is 30.1 Å². The Bertz CT molecular complexity index is 1450. The molecular formula is C38H45N3O7. The molecule has 0 aliphatic rings. The van der Waals surface area contributed by atoms with Gasteiger partial charge in [-0.25, -0.2) is 9.59 Å². The molecule has 0 aliphatic carbocycles. The smallest absolute Gasteiger partial charge is 0.408 e. The summed E-state index contributed by atoms with van der Waals surface area (Å²) in [5, 5.41) is 15.1. The summed E-state index contributed by atoms with van der Waals surface area (Å²) in [6, 6.07) is 26.3. The van der Waals surface area contributed by atoms with E-state index in [2.05, 4.69) is 23.8 Å². The molecule has 10 nitrogen and oxygen atoms in total. The van der Waals surface area contributed by atoms with E-state index in [1.165, 1.54) is 11.0 Å². The van der Waals surface area contributed by atoms with Crippen molar-refractivity contribution in [1.82, 2.24) is 15.5 Å². The molecule has 3 N–H and O–H groups in total. The Kier molecular flexibility index (Phi) is 16.1. The summed E-state index contributed by atoms with van der Waals surface area (Å²) in [6.07, 6.45) is 2.88. The second-order valence-electron chi connectivity index (χ2n) is 11.3. The SMILES string of the molecule is C=CC[C@H](CC(=O)N(CCO)Cc1ccccc1)C(=O)N[C@H](COC(=O)[C@@H](CC=C)NC(=O)OCc1ccccc1)Cc1ccccc1. The first kappa shape index (κ1) is 37.2. The Morgan fingerprint density at radius 1 is 0.771 bits per heavy atom. The molecule has 0 aromatic heterocycles. The first-order valence-corrected chi connectivity index (χ1v) is 15.9. The van der Waals surface area contributed by atoms with E-state index in [0.717, 1.165) is 16.7 Å². The average molecular weight is 656 g/mol. The van der Waals surface area contributed by atoms with Gasteiger partial charge in [-0.2, -0.15) is 0 Å². The minimum Gasteiger partial charge on any atom is -0.462 e. The van der Waals surface area contributed by atoms with Crippen LogP contribution in [0.25, 0.3) is 0 Å². The van der Waals surface area contributed by atoms with Gasteiger partial charge in [0.2, 0.25) is 11.8 Å². The fraction of sp³-hybridized carbons (Fsp3) is 0.316. The lowest BCUT2D eigenvalue weighted by Gasteiger charge is -2.26. The number of nitrogens with one attached hydrogen (secondary N) is 2. The Hall–Kier alpha value is -5.22. The van der Waals surface area contributed by atoms with E-state index in [-0.39, 0.29) is 51.5 Å². The Labute approximate surface area is 282 Å². The van der Waals surface area contributed by atoms with Crippen molar-refractivity contribution >= 4 is 23.9 Å². The summed E-state index contributed by atoms with van der Waals surface area (Å²) in [4.78, 5) is 54.1. The predicted molar refractivity (Wildman–Crippen MR) is 183 cm³/mol. The third kappa shape index (κ3) is 13.3. The Balaban J connectivity index is 1.66. The molecule has 0 aliphatic heterocycles. The summed E-state index contributed by atoms with van der Waals surface area (Å²) >= 11 is 0. The van der Waals surface area contributed by atoms with Crippen molar-refractivity contribution in [3.8, 4) is 0 Å². The lowest BCUT2D eigenvalue weighted by molar-refractivity contribution is -0.147. The predicted octanol–water partition coefficient (Wildman–Crippen LogP) is 4.73. The average Bonchev–Trinajstić information content (AvgIpc) is 3.10. The van der Waals surface area contributed by atoms with Crippen LogP contribution in [-0.4, -0.2) is 65.7 Å². The van der Waals surface area contributed by atoms with Crippen LogP contribution in [0.15, 0.2) is 116 Å². The van der Waals surface area contributed by atoms with E-state index in [1.54, 1.807) is 6.08 Å². The quantitative estimate of drug-likeness (QED) is 0.118. The van der Waals surface area contributed by atoms with Gasteiger partial charge in [-0.1, -0.05) is 103 Å². The number of aliphatic hydroxyl groups is 1. The molecule has 48 heavy (non-hydrogen) atoms. The number of alkyl carbamates (subject to hydrolysis) is 1. The highest BCUT2D eigenvalue weighted by molar-refractivity contribution is 5.86. The van der Waals surface area contributed by atoms with E-state index in [0.29, 0.717) is 13.0 Å². The Morgan fingerprint density at radius 3 is 1.94 bits per heavy atom. The number of amides is 3. The molecule has 0 unspecified atom stereocenters. The van der Waals surface area contributed by atoms with Gasteiger partial charge in [-0.15, -0.1) is 13.2 Å². The number of esters is 1. The molecule has 3 aromatic rings. The number of nitrogens with zero attached hydrogens (tertiary/aromatic N) is 1. The van der Waals surface area contributed by atoms with Gasteiger partial charge in [0.05, 0.1) is 18.6 Å². The number of carbonyl (C=O) groups is 4. The number of benzene rings is 3. The fourth-order valence-electron chi connectivity index (χ4n) is 4.98. The van der Waals surface area contributed by atoms with E-state index < -0.39 is 36.0 Å². The minimum atomic E-state index is -1.05. The third-order valence-corrected chi connectivity index (χ3v) is 7.47. The van der Waals surface area contributed by atoms with Crippen LogP contribution in [-0.2, 0) is 43.4 Å². The van der Waals surface area contributed by atoms with Gasteiger partial charge >= 0.3 is 12.1 Å². The standard InChI is InChI=1S/C38H45N3O7/c1-3-14-32(25-35(43)41(22-23-42)26-30-18-10-6-11-19-30)36(44)39-33(24-29-16-8-5-9-17-29)28-47-37(45)34(15-4-2)40-38(46)48-27-31-20-12-7-13-21-31/h3-13,16-21,32-34,42H,1-2,14-15,22-28H2,(H,39,44)(H,40,46)/t32-,33+,34-/m1/s1. The largest absolute Gasteiger partial charge is 0.462 e. The van der Waals surface area contributed by atoms with Crippen LogP contribution in [0.3, 0.4) is 0 Å². The highest BCUT2D eigenvalue weighted by atomic mass is 16.6. The number of rotatable bonds is 20. The molecule has 0 heterocycles. The third-order valence-electron chi connectivity index (χ3n) is 7.47. The van der Waals surface area contributed by atoms with Gasteiger partial charge in [0, 0.05) is 19.5 Å². The molecule has 0 fully saturated rings. The molecule has 3 aromatic carbocycles. The molecule has 3 atom stereocenters. The van der Waals surface area contributed by atoms with Crippen molar-refractivity contribution in [2.24, 2.45) is 5.92 Å². The highest BCUT2D eigenvalue weighted by Crippen LogP contribution is 2.16. The van der Waals surface area contributed by atoms with Crippen LogP contribution < -0.4 is 10.6 Å². The Morgan fingerprint density at radius 2 is 1.35 bits per heavy atom. The second kappa shape index (κ2) is 20.8. The van der Waals surface area contributed by atoms with Gasteiger partial charge in [-0.3, -0.25) is 9.59 Å². The lowest BCUT2D eigenvalue weighted by Crippen LogP contribution is -2.46.